The fraction of sp³-hybridized carbons (Fsp3) is 0.583. The largest absolute Gasteiger partial charge is 0.480 e. The third kappa shape index (κ3) is 4.51. The van der Waals surface area contributed by atoms with Crippen LogP contribution in [-0.4, -0.2) is 28.1 Å². The van der Waals surface area contributed by atoms with Gasteiger partial charge < -0.3 is 15.7 Å². The summed E-state index contributed by atoms with van der Waals surface area (Å²) in [4.78, 5) is 28.0. The van der Waals surface area contributed by atoms with E-state index in [0.717, 1.165) is 15.6 Å². The number of rotatable bonds is 5. The first kappa shape index (κ1) is 15.4. The molecule has 0 fully saturated rings. The number of thiazole rings is 1. The molecule has 7 heteroatoms. The molecule has 1 aromatic heterocycles. The highest BCUT2D eigenvalue weighted by Gasteiger charge is 2.23. The van der Waals surface area contributed by atoms with Gasteiger partial charge in [-0.2, -0.15) is 0 Å². The maximum atomic E-state index is 11.6. The third-order valence-corrected chi connectivity index (χ3v) is 3.77. The van der Waals surface area contributed by atoms with Gasteiger partial charge in [0.05, 0.1) is 12.2 Å². The lowest BCUT2D eigenvalue weighted by atomic mass is 10.1. The lowest BCUT2D eigenvalue weighted by Crippen LogP contribution is -2.48. The van der Waals surface area contributed by atoms with Crippen molar-refractivity contribution in [1.29, 1.82) is 0 Å². The highest BCUT2D eigenvalue weighted by atomic mass is 32.1. The number of carbonyl (C=O) groups excluding carboxylic acids is 1. The molecule has 19 heavy (non-hydrogen) atoms. The highest BCUT2D eigenvalue weighted by molar-refractivity contribution is 7.11. The summed E-state index contributed by atoms with van der Waals surface area (Å²) in [6.07, 6.45) is 0. The van der Waals surface area contributed by atoms with Crippen molar-refractivity contribution >= 4 is 23.3 Å². The molecular formula is C12H19N3O3S. The average molecular weight is 285 g/mol. The first-order valence-corrected chi connectivity index (χ1v) is 6.83. The molecule has 1 heterocycles. The molecule has 1 rings (SSSR count). The van der Waals surface area contributed by atoms with Crippen molar-refractivity contribution < 1.29 is 14.7 Å². The molecule has 0 saturated heterocycles. The SMILES string of the molecule is Cc1nc(CNC(=O)NC(C(=O)O)C(C)C)sc1C. The van der Waals surface area contributed by atoms with Gasteiger partial charge in [0.25, 0.3) is 0 Å². The number of aromatic nitrogens is 1. The van der Waals surface area contributed by atoms with E-state index in [9.17, 15) is 9.59 Å². The van der Waals surface area contributed by atoms with Crippen LogP contribution in [0.15, 0.2) is 0 Å². The summed E-state index contributed by atoms with van der Waals surface area (Å²) < 4.78 is 0. The second-order valence-electron chi connectivity index (χ2n) is 4.64. The zero-order valence-electron chi connectivity index (χ0n) is 11.5. The van der Waals surface area contributed by atoms with E-state index in [1.807, 2.05) is 13.8 Å². The molecule has 0 aliphatic rings. The number of aliphatic carboxylic acids is 1. The van der Waals surface area contributed by atoms with Gasteiger partial charge in [-0.15, -0.1) is 11.3 Å². The maximum absolute atomic E-state index is 11.6. The van der Waals surface area contributed by atoms with Gasteiger partial charge in [-0.05, 0) is 19.8 Å². The van der Waals surface area contributed by atoms with Gasteiger partial charge in [0.2, 0.25) is 0 Å². The quantitative estimate of drug-likeness (QED) is 0.767. The lowest BCUT2D eigenvalue weighted by molar-refractivity contribution is -0.140. The number of hydrogen-bond donors (Lipinski definition) is 3. The Morgan fingerprint density at radius 1 is 1.37 bits per heavy atom. The minimum atomic E-state index is -1.04. The molecule has 1 atom stereocenters. The van der Waals surface area contributed by atoms with Gasteiger partial charge in [-0.25, -0.2) is 14.6 Å². The van der Waals surface area contributed by atoms with Gasteiger partial charge in [0.15, 0.2) is 0 Å². The normalized spacial score (nSPS) is 12.3. The number of urea groups is 1. The smallest absolute Gasteiger partial charge is 0.326 e. The molecule has 0 aromatic carbocycles. The Bertz CT molecular complexity index is 451. The molecule has 6 nitrogen and oxygen atoms in total. The monoisotopic (exact) mass is 285 g/mol. The Morgan fingerprint density at radius 3 is 2.42 bits per heavy atom. The summed E-state index contributed by atoms with van der Waals surface area (Å²) in [7, 11) is 0. The second-order valence-corrected chi connectivity index (χ2v) is 5.92. The fourth-order valence-corrected chi connectivity index (χ4v) is 2.35. The van der Waals surface area contributed by atoms with E-state index in [4.69, 9.17) is 5.11 Å². The molecule has 0 spiro atoms. The number of amides is 2. The number of carboxylic acid groups (broad SMARTS) is 1. The van der Waals surface area contributed by atoms with Gasteiger partial charge in [0.1, 0.15) is 11.0 Å². The average Bonchev–Trinajstić information content (AvgIpc) is 2.62. The summed E-state index contributed by atoms with van der Waals surface area (Å²) in [6.45, 7) is 7.67. The van der Waals surface area contributed by atoms with E-state index in [0.29, 0.717) is 6.54 Å². The van der Waals surface area contributed by atoms with E-state index < -0.39 is 18.0 Å². The van der Waals surface area contributed by atoms with E-state index in [1.54, 1.807) is 13.8 Å². The van der Waals surface area contributed by atoms with Crippen molar-refractivity contribution in [3.05, 3.63) is 15.6 Å². The van der Waals surface area contributed by atoms with Crippen LogP contribution in [0.5, 0.6) is 0 Å². The number of aryl methyl sites for hydroxylation is 2. The molecule has 2 amide bonds. The summed E-state index contributed by atoms with van der Waals surface area (Å²) >= 11 is 1.52. The fourth-order valence-electron chi connectivity index (χ4n) is 1.48. The van der Waals surface area contributed by atoms with E-state index >= 15 is 0 Å². The third-order valence-electron chi connectivity index (χ3n) is 2.69. The first-order valence-electron chi connectivity index (χ1n) is 6.01. The minimum absolute atomic E-state index is 0.174. The van der Waals surface area contributed by atoms with Crippen molar-refractivity contribution in [3.8, 4) is 0 Å². The summed E-state index contributed by atoms with van der Waals surface area (Å²) in [5.41, 5.74) is 0.952. The van der Waals surface area contributed by atoms with E-state index in [-0.39, 0.29) is 5.92 Å². The predicted octanol–water partition coefficient (Wildman–Crippen LogP) is 1.67. The van der Waals surface area contributed by atoms with Crippen LogP contribution in [0.3, 0.4) is 0 Å². The molecule has 0 aliphatic carbocycles. The Morgan fingerprint density at radius 2 is 2.00 bits per heavy atom. The van der Waals surface area contributed by atoms with Gasteiger partial charge in [0, 0.05) is 4.88 Å². The Labute approximate surface area is 116 Å². The van der Waals surface area contributed by atoms with Crippen LogP contribution in [-0.2, 0) is 11.3 Å². The molecular weight excluding hydrogens is 266 g/mol. The second kappa shape index (κ2) is 6.51. The number of nitrogens with zero attached hydrogens (tertiary/aromatic N) is 1. The van der Waals surface area contributed by atoms with Gasteiger partial charge >= 0.3 is 12.0 Å². The zero-order valence-corrected chi connectivity index (χ0v) is 12.3. The number of carboxylic acids is 1. The Kier molecular flexibility index (Phi) is 5.29. The summed E-state index contributed by atoms with van der Waals surface area (Å²) in [6, 6.07) is -1.38. The Hall–Kier alpha value is -1.63. The number of nitrogens with one attached hydrogen (secondary N) is 2. The molecule has 106 valence electrons. The van der Waals surface area contributed by atoms with Gasteiger partial charge in [-0.3, -0.25) is 0 Å². The molecule has 0 aliphatic heterocycles. The lowest BCUT2D eigenvalue weighted by Gasteiger charge is -2.17. The maximum Gasteiger partial charge on any atom is 0.326 e. The van der Waals surface area contributed by atoms with Crippen molar-refractivity contribution in [3.63, 3.8) is 0 Å². The number of carbonyl (C=O) groups is 2. The molecule has 3 N–H and O–H groups in total. The van der Waals surface area contributed by atoms with Crippen LogP contribution >= 0.6 is 11.3 Å². The standard InChI is InChI=1S/C12H19N3O3S/c1-6(2)10(11(16)17)15-12(18)13-5-9-14-7(3)8(4)19-9/h6,10H,5H2,1-4H3,(H,16,17)(H2,13,15,18). The van der Waals surface area contributed by atoms with Crippen LogP contribution in [0, 0.1) is 19.8 Å². The zero-order chi connectivity index (χ0) is 14.6. The van der Waals surface area contributed by atoms with Crippen LogP contribution < -0.4 is 10.6 Å². The van der Waals surface area contributed by atoms with Crippen LogP contribution in [0.25, 0.3) is 0 Å². The van der Waals surface area contributed by atoms with Gasteiger partial charge in [-0.1, -0.05) is 13.8 Å². The summed E-state index contributed by atoms with van der Waals surface area (Å²) in [5.74, 6) is -1.21. The predicted molar refractivity (Wildman–Crippen MR) is 73.2 cm³/mol. The Balaban J connectivity index is 2.49. The van der Waals surface area contributed by atoms with Crippen LogP contribution in [0.4, 0.5) is 4.79 Å². The van der Waals surface area contributed by atoms with Crippen LogP contribution in [0.1, 0.15) is 29.4 Å². The molecule has 1 unspecified atom stereocenters. The minimum Gasteiger partial charge on any atom is -0.480 e. The van der Waals surface area contributed by atoms with Crippen molar-refractivity contribution in [2.75, 3.05) is 0 Å². The molecule has 0 bridgehead atoms. The first-order chi connectivity index (χ1) is 8.81. The molecule has 1 aromatic rings. The summed E-state index contributed by atoms with van der Waals surface area (Å²) in [5, 5.41) is 14.8. The number of hydrogen-bond acceptors (Lipinski definition) is 4. The van der Waals surface area contributed by atoms with E-state index in [1.165, 1.54) is 11.3 Å². The molecule has 0 radical (unpaired) electrons. The van der Waals surface area contributed by atoms with E-state index in [2.05, 4.69) is 15.6 Å². The highest BCUT2D eigenvalue weighted by Crippen LogP contribution is 2.15. The van der Waals surface area contributed by atoms with Crippen LogP contribution in [0.2, 0.25) is 0 Å². The van der Waals surface area contributed by atoms with Crippen molar-refractivity contribution in [2.45, 2.75) is 40.3 Å². The topological polar surface area (TPSA) is 91.3 Å². The van der Waals surface area contributed by atoms with Crippen molar-refractivity contribution in [1.82, 2.24) is 15.6 Å². The van der Waals surface area contributed by atoms with Crippen molar-refractivity contribution in [2.24, 2.45) is 5.92 Å². The molecule has 0 saturated carbocycles.